The number of nitrogens with one attached hydrogen (secondary N) is 1. The summed E-state index contributed by atoms with van der Waals surface area (Å²) in [5, 5.41) is 3.51. The summed E-state index contributed by atoms with van der Waals surface area (Å²) in [5.74, 6) is 1.06. The molecule has 1 atom stereocenters. The van der Waals surface area contributed by atoms with E-state index in [2.05, 4.69) is 69.0 Å². The third kappa shape index (κ3) is 5.60. The molecule has 1 aromatic rings. The van der Waals surface area contributed by atoms with E-state index in [1.165, 1.54) is 18.4 Å². The Balaban J connectivity index is 2.71. The first-order valence-electron chi connectivity index (χ1n) is 7.26. The zero-order valence-electron chi connectivity index (χ0n) is 13.3. The Bertz CT molecular complexity index is 382. The van der Waals surface area contributed by atoms with E-state index in [0.717, 1.165) is 12.4 Å². The maximum atomic E-state index is 4.49. The molecule has 108 valence electrons. The van der Waals surface area contributed by atoms with Crippen LogP contribution in [0, 0.1) is 0 Å². The Morgan fingerprint density at radius 2 is 2.05 bits per heavy atom. The first-order chi connectivity index (χ1) is 8.83. The third-order valence-corrected chi connectivity index (χ3v) is 3.36. The van der Waals surface area contributed by atoms with E-state index in [1.807, 2.05) is 6.20 Å². The fraction of sp³-hybridized carbons (Fsp3) is 0.688. The van der Waals surface area contributed by atoms with Crippen molar-refractivity contribution in [3.8, 4) is 0 Å². The van der Waals surface area contributed by atoms with E-state index >= 15 is 0 Å². The lowest BCUT2D eigenvalue weighted by Crippen LogP contribution is -2.35. The van der Waals surface area contributed by atoms with E-state index in [1.54, 1.807) is 0 Å². The van der Waals surface area contributed by atoms with Gasteiger partial charge >= 0.3 is 0 Å². The molecule has 0 aliphatic carbocycles. The Hall–Kier alpha value is -1.09. The Morgan fingerprint density at radius 1 is 1.37 bits per heavy atom. The van der Waals surface area contributed by atoms with Crippen molar-refractivity contribution < 1.29 is 0 Å². The van der Waals surface area contributed by atoms with Crippen LogP contribution in [0.25, 0.3) is 0 Å². The van der Waals surface area contributed by atoms with Gasteiger partial charge in [-0.05, 0) is 51.8 Å². The standard InChI is InChI=1S/C16H29N3/c1-7-8-13(2)19(6)15-11-14(9-10-17-15)12-18-16(3,4)5/h9-11,13,18H,7-8,12H2,1-6H3. The molecule has 0 radical (unpaired) electrons. The molecule has 0 amide bonds. The number of hydrogen-bond donors (Lipinski definition) is 1. The van der Waals surface area contributed by atoms with Gasteiger partial charge in [-0.25, -0.2) is 4.98 Å². The average Bonchev–Trinajstić information content (AvgIpc) is 2.35. The van der Waals surface area contributed by atoms with Gasteiger partial charge in [0.1, 0.15) is 5.82 Å². The lowest BCUT2D eigenvalue weighted by Gasteiger charge is -2.26. The van der Waals surface area contributed by atoms with Crippen molar-refractivity contribution in [3.63, 3.8) is 0 Å². The number of pyridine rings is 1. The molecule has 0 saturated heterocycles. The quantitative estimate of drug-likeness (QED) is 0.850. The second-order valence-corrected chi connectivity index (χ2v) is 6.37. The van der Waals surface area contributed by atoms with Crippen LogP contribution in [-0.2, 0) is 6.54 Å². The first-order valence-corrected chi connectivity index (χ1v) is 7.26. The molecular weight excluding hydrogens is 234 g/mol. The zero-order valence-corrected chi connectivity index (χ0v) is 13.3. The van der Waals surface area contributed by atoms with Crippen molar-refractivity contribution in [2.24, 2.45) is 0 Å². The Morgan fingerprint density at radius 3 is 2.63 bits per heavy atom. The van der Waals surface area contributed by atoms with Crippen molar-refractivity contribution in [1.29, 1.82) is 0 Å². The normalized spacial score (nSPS) is 13.4. The summed E-state index contributed by atoms with van der Waals surface area (Å²) >= 11 is 0. The highest BCUT2D eigenvalue weighted by atomic mass is 15.2. The molecule has 0 bridgehead atoms. The number of anilines is 1. The Kier molecular flexibility index (Phi) is 5.80. The minimum Gasteiger partial charge on any atom is -0.357 e. The van der Waals surface area contributed by atoms with E-state index in [9.17, 15) is 0 Å². The minimum atomic E-state index is 0.144. The molecule has 19 heavy (non-hydrogen) atoms. The van der Waals surface area contributed by atoms with Crippen molar-refractivity contribution in [3.05, 3.63) is 23.9 Å². The molecule has 1 N–H and O–H groups in total. The summed E-state index contributed by atoms with van der Waals surface area (Å²) in [6.07, 6.45) is 4.31. The summed E-state index contributed by atoms with van der Waals surface area (Å²) in [6, 6.07) is 4.80. The zero-order chi connectivity index (χ0) is 14.5. The van der Waals surface area contributed by atoms with E-state index in [0.29, 0.717) is 6.04 Å². The van der Waals surface area contributed by atoms with Crippen LogP contribution < -0.4 is 10.2 Å². The fourth-order valence-electron chi connectivity index (χ4n) is 1.97. The van der Waals surface area contributed by atoms with Crippen LogP contribution in [0.15, 0.2) is 18.3 Å². The lowest BCUT2D eigenvalue weighted by atomic mass is 10.1. The van der Waals surface area contributed by atoms with Crippen LogP contribution in [0.4, 0.5) is 5.82 Å². The molecule has 3 heteroatoms. The highest BCUT2D eigenvalue weighted by Crippen LogP contribution is 2.16. The molecule has 3 nitrogen and oxygen atoms in total. The maximum Gasteiger partial charge on any atom is 0.128 e. The molecule has 0 spiro atoms. The number of nitrogens with zero attached hydrogens (tertiary/aromatic N) is 2. The minimum absolute atomic E-state index is 0.144. The summed E-state index contributed by atoms with van der Waals surface area (Å²) in [5.41, 5.74) is 1.43. The third-order valence-electron chi connectivity index (χ3n) is 3.36. The first kappa shape index (κ1) is 16.0. The molecule has 0 fully saturated rings. The number of rotatable bonds is 6. The Labute approximate surface area is 118 Å². The number of hydrogen-bond acceptors (Lipinski definition) is 3. The van der Waals surface area contributed by atoms with Crippen LogP contribution in [0.5, 0.6) is 0 Å². The molecule has 0 aliphatic rings. The van der Waals surface area contributed by atoms with Gasteiger partial charge in [-0.3, -0.25) is 0 Å². The van der Waals surface area contributed by atoms with Gasteiger partial charge in [-0.15, -0.1) is 0 Å². The highest BCUT2D eigenvalue weighted by Gasteiger charge is 2.12. The molecule has 1 rings (SSSR count). The second kappa shape index (κ2) is 6.90. The van der Waals surface area contributed by atoms with Crippen LogP contribution in [-0.4, -0.2) is 23.6 Å². The van der Waals surface area contributed by atoms with Crippen LogP contribution in [0.3, 0.4) is 0 Å². The van der Waals surface area contributed by atoms with Gasteiger partial charge in [0.25, 0.3) is 0 Å². The predicted molar refractivity (Wildman–Crippen MR) is 83.6 cm³/mol. The number of aromatic nitrogens is 1. The summed E-state index contributed by atoms with van der Waals surface area (Å²) in [6.45, 7) is 11.9. The molecule has 0 aliphatic heterocycles. The van der Waals surface area contributed by atoms with Crippen LogP contribution in [0.2, 0.25) is 0 Å². The fourth-order valence-corrected chi connectivity index (χ4v) is 1.97. The smallest absolute Gasteiger partial charge is 0.128 e. The van der Waals surface area contributed by atoms with Crippen LogP contribution in [0.1, 0.15) is 53.0 Å². The van der Waals surface area contributed by atoms with Crippen molar-refractivity contribution in [2.45, 2.75) is 65.6 Å². The largest absolute Gasteiger partial charge is 0.357 e. The molecule has 0 aromatic carbocycles. The van der Waals surface area contributed by atoms with E-state index in [4.69, 9.17) is 0 Å². The lowest BCUT2D eigenvalue weighted by molar-refractivity contribution is 0.424. The predicted octanol–water partition coefficient (Wildman–Crippen LogP) is 3.59. The highest BCUT2D eigenvalue weighted by molar-refractivity contribution is 5.41. The van der Waals surface area contributed by atoms with Gasteiger partial charge in [0, 0.05) is 31.4 Å². The molecule has 1 heterocycles. The van der Waals surface area contributed by atoms with Crippen molar-refractivity contribution >= 4 is 5.82 Å². The van der Waals surface area contributed by atoms with Gasteiger partial charge in [0.2, 0.25) is 0 Å². The van der Waals surface area contributed by atoms with Crippen molar-refractivity contribution in [1.82, 2.24) is 10.3 Å². The SMILES string of the molecule is CCCC(C)N(C)c1cc(CNC(C)(C)C)ccn1. The van der Waals surface area contributed by atoms with Gasteiger partial charge in [0.15, 0.2) is 0 Å². The van der Waals surface area contributed by atoms with E-state index in [-0.39, 0.29) is 5.54 Å². The second-order valence-electron chi connectivity index (χ2n) is 6.37. The average molecular weight is 263 g/mol. The molecule has 1 unspecified atom stereocenters. The summed E-state index contributed by atoms with van der Waals surface area (Å²) in [7, 11) is 2.13. The molecule has 1 aromatic heterocycles. The van der Waals surface area contributed by atoms with Gasteiger partial charge in [-0.1, -0.05) is 13.3 Å². The maximum absolute atomic E-state index is 4.49. The molecular formula is C16H29N3. The topological polar surface area (TPSA) is 28.2 Å². The van der Waals surface area contributed by atoms with Gasteiger partial charge < -0.3 is 10.2 Å². The summed E-state index contributed by atoms with van der Waals surface area (Å²) in [4.78, 5) is 6.75. The summed E-state index contributed by atoms with van der Waals surface area (Å²) < 4.78 is 0. The van der Waals surface area contributed by atoms with Crippen molar-refractivity contribution in [2.75, 3.05) is 11.9 Å². The molecule has 0 saturated carbocycles. The monoisotopic (exact) mass is 263 g/mol. The van der Waals surface area contributed by atoms with Gasteiger partial charge in [0.05, 0.1) is 0 Å². The van der Waals surface area contributed by atoms with Crippen LogP contribution >= 0.6 is 0 Å². The van der Waals surface area contributed by atoms with E-state index < -0.39 is 0 Å². The van der Waals surface area contributed by atoms with Gasteiger partial charge in [-0.2, -0.15) is 0 Å².